The average Bonchev–Trinajstić information content (AvgIpc) is 3.05. The second-order valence-electron chi connectivity index (χ2n) is 7.76. The van der Waals surface area contributed by atoms with Crippen LogP contribution in [0.15, 0.2) is 58.6 Å². The van der Waals surface area contributed by atoms with Crippen LogP contribution in [0.1, 0.15) is 49.3 Å². The predicted octanol–water partition coefficient (Wildman–Crippen LogP) is 5.21. The molecule has 1 atom stereocenters. The van der Waals surface area contributed by atoms with E-state index in [1.807, 2.05) is 30.3 Å². The summed E-state index contributed by atoms with van der Waals surface area (Å²) in [7, 11) is 1.56. The van der Waals surface area contributed by atoms with Crippen LogP contribution in [-0.2, 0) is 9.59 Å². The average molecular weight is 470 g/mol. The fourth-order valence-corrected chi connectivity index (χ4v) is 5.06. The minimum absolute atomic E-state index is 0.00769. The Hall–Kier alpha value is -2.60. The molecule has 2 aliphatic rings. The van der Waals surface area contributed by atoms with Crippen molar-refractivity contribution < 1.29 is 19.4 Å². The number of methoxy groups -OCH3 is 1. The van der Waals surface area contributed by atoms with Gasteiger partial charge < -0.3 is 14.7 Å². The summed E-state index contributed by atoms with van der Waals surface area (Å²) >= 11 is 3.42. The molecule has 4 rings (SSSR count). The maximum atomic E-state index is 13.1. The van der Waals surface area contributed by atoms with E-state index in [2.05, 4.69) is 15.9 Å². The smallest absolute Gasteiger partial charge is 0.295 e. The molecule has 5 nitrogen and oxygen atoms in total. The third kappa shape index (κ3) is 3.65. The van der Waals surface area contributed by atoms with Crippen LogP contribution in [0.3, 0.4) is 0 Å². The van der Waals surface area contributed by atoms with Crippen LogP contribution >= 0.6 is 15.9 Å². The van der Waals surface area contributed by atoms with Gasteiger partial charge in [0, 0.05) is 11.6 Å². The fourth-order valence-electron chi connectivity index (χ4n) is 4.52. The Balaban J connectivity index is 1.85. The summed E-state index contributed by atoms with van der Waals surface area (Å²) in [5.74, 6) is -0.693. The number of amides is 1. The van der Waals surface area contributed by atoms with Crippen molar-refractivity contribution >= 4 is 33.4 Å². The summed E-state index contributed by atoms with van der Waals surface area (Å²) in [5, 5.41) is 11.2. The molecule has 2 fully saturated rings. The molecular formula is C24H24BrNO4. The standard InChI is InChI=1S/C24H24BrNO4/c1-30-19-13-12-16(14-18(19)25)22(27)20-21(15-8-4-2-5-9-15)26(24(29)23(20)28)17-10-6-3-7-11-17/h2,4-5,8-9,12-14,17,21,27H,3,6-7,10-11H2,1H3/b22-20-. The molecule has 0 radical (unpaired) electrons. The zero-order valence-corrected chi connectivity index (χ0v) is 18.4. The zero-order valence-electron chi connectivity index (χ0n) is 16.8. The number of benzene rings is 2. The van der Waals surface area contributed by atoms with Crippen LogP contribution < -0.4 is 4.74 Å². The van der Waals surface area contributed by atoms with Crippen molar-refractivity contribution in [1.82, 2.24) is 4.90 Å². The highest BCUT2D eigenvalue weighted by Gasteiger charge is 2.48. The summed E-state index contributed by atoms with van der Waals surface area (Å²) < 4.78 is 5.92. The molecule has 30 heavy (non-hydrogen) atoms. The van der Waals surface area contributed by atoms with Gasteiger partial charge >= 0.3 is 0 Å². The first-order chi connectivity index (χ1) is 14.5. The van der Waals surface area contributed by atoms with E-state index in [0.29, 0.717) is 15.8 Å². The number of hydrogen-bond acceptors (Lipinski definition) is 4. The molecule has 0 spiro atoms. The van der Waals surface area contributed by atoms with Crippen molar-refractivity contribution in [2.24, 2.45) is 0 Å². The van der Waals surface area contributed by atoms with E-state index in [1.54, 1.807) is 30.2 Å². The predicted molar refractivity (Wildman–Crippen MR) is 118 cm³/mol. The Morgan fingerprint density at radius 3 is 2.40 bits per heavy atom. The van der Waals surface area contributed by atoms with Crippen LogP contribution in [-0.4, -0.2) is 34.8 Å². The number of carbonyl (C=O) groups is 2. The number of likely N-dealkylation sites (tertiary alicyclic amines) is 1. The lowest BCUT2D eigenvalue weighted by Gasteiger charge is -2.35. The van der Waals surface area contributed by atoms with Crippen molar-refractivity contribution in [3.8, 4) is 5.75 Å². The van der Waals surface area contributed by atoms with Crippen molar-refractivity contribution in [3.63, 3.8) is 0 Å². The Kier molecular flexibility index (Phi) is 5.95. The number of halogens is 1. The molecule has 1 saturated heterocycles. The third-order valence-electron chi connectivity index (χ3n) is 5.99. The van der Waals surface area contributed by atoms with E-state index in [1.165, 1.54) is 0 Å². The molecule has 0 bridgehead atoms. The third-order valence-corrected chi connectivity index (χ3v) is 6.61. The minimum atomic E-state index is -0.626. The molecule has 1 aliphatic carbocycles. The monoisotopic (exact) mass is 469 g/mol. The topological polar surface area (TPSA) is 66.8 Å². The Morgan fingerprint density at radius 1 is 1.07 bits per heavy atom. The lowest BCUT2D eigenvalue weighted by molar-refractivity contribution is -0.141. The van der Waals surface area contributed by atoms with Crippen molar-refractivity contribution in [1.29, 1.82) is 0 Å². The Labute approximate surface area is 184 Å². The maximum Gasteiger partial charge on any atom is 0.295 e. The first-order valence-electron chi connectivity index (χ1n) is 10.2. The number of ketones is 1. The van der Waals surface area contributed by atoms with E-state index in [4.69, 9.17) is 4.74 Å². The van der Waals surface area contributed by atoms with E-state index in [9.17, 15) is 14.7 Å². The van der Waals surface area contributed by atoms with Crippen LogP contribution in [0.25, 0.3) is 5.76 Å². The second-order valence-corrected chi connectivity index (χ2v) is 8.61. The van der Waals surface area contributed by atoms with E-state index < -0.39 is 17.7 Å². The highest BCUT2D eigenvalue weighted by atomic mass is 79.9. The highest BCUT2D eigenvalue weighted by Crippen LogP contribution is 2.43. The lowest BCUT2D eigenvalue weighted by Crippen LogP contribution is -2.40. The molecule has 156 valence electrons. The van der Waals surface area contributed by atoms with Gasteiger partial charge in [0.15, 0.2) is 0 Å². The van der Waals surface area contributed by atoms with Crippen LogP contribution in [0.2, 0.25) is 0 Å². The van der Waals surface area contributed by atoms with Gasteiger partial charge in [0.25, 0.3) is 11.7 Å². The molecule has 2 aromatic carbocycles. The number of carbonyl (C=O) groups excluding carboxylic acids is 2. The second kappa shape index (κ2) is 8.64. The SMILES string of the molecule is COc1ccc(/C(O)=C2/C(=O)C(=O)N(C3CCCCC3)C2c2ccccc2)cc1Br. The summed E-state index contributed by atoms with van der Waals surface area (Å²) in [6.45, 7) is 0. The maximum absolute atomic E-state index is 13.1. The molecule has 6 heteroatoms. The van der Waals surface area contributed by atoms with Crippen LogP contribution in [0.4, 0.5) is 0 Å². The van der Waals surface area contributed by atoms with Gasteiger partial charge in [-0.3, -0.25) is 9.59 Å². The molecule has 2 aromatic rings. The molecule has 1 heterocycles. The summed E-state index contributed by atoms with van der Waals surface area (Å²) in [6.07, 6.45) is 4.99. The number of aliphatic hydroxyl groups excluding tert-OH is 1. The van der Waals surface area contributed by atoms with Crippen molar-refractivity contribution in [3.05, 3.63) is 69.7 Å². The van der Waals surface area contributed by atoms with Gasteiger partial charge in [-0.05, 0) is 52.5 Å². The number of hydrogen-bond donors (Lipinski definition) is 1. The summed E-state index contributed by atoms with van der Waals surface area (Å²) in [5.41, 5.74) is 1.44. The van der Waals surface area contributed by atoms with Gasteiger partial charge in [-0.15, -0.1) is 0 Å². The number of aliphatic hydroxyl groups is 1. The van der Waals surface area contributed by atoms with Gasteiger partial charge in [0.1, 0.15) is 11.5 Å². The number of rotatable bonds is 4. The van der Waals surface area contributed by atoms with Crippen LogP contribution in [0.5, 0.6) is 5.75 Å². The summed E-state index contributed by atoms with van der Waals surface area (Å²) in [4.78, 5) is 27.9. The minimum Gasteiger partial charge on any atom is -0.507 e. The molecule has 1 unspecified atom stereocenters. The number of nitrogens with zero attached hydrogens (tertiary/aromatic N) is 1. The van der Waals surface area contributed by atoms with E-state index in [0.717, 1.165) is 37.7 Å². The fraction of sp³-hybridized carbons (Fsp3) is 0.333. The lowest BCUT2D eigenvalue weighted by atomic mass is 9.91. The molecule has 1 N–H and O–H groups in total. The van der Waals surface area contributed by atoms with Gasteiger partial charge in [0.2, 0.25) is 0 Å². The van der Waals surface area contributed by atoms with Gasteiger partial charge in [0.05, 0.1) is 23.2 Å². The first-order valence-corrected chi connectivity index (χ1v) is 11.0. The van der Waals surface area contributed by atoms with Crippen molar-refractivity contribution in [2.75, 3.05) is 7.11 Å². The molecule has 1 aliphatic heterocycles. The van der Waals surface area contributed by atoms with Gasteiger partial charge in [-0.1, -0.05) is 49.6 Å². The van der Waals surface area contributed by atoms with E-state index >= 15 is 0 Å². The molecule has 0 aromatic heterocycles. The van der Waals surface area contributed by atoms with E-state index in [-0.39, 0.29) is 17.4 Å². The largest absolute Gasteiger partial charge is 0.507 e. The molecule has 1 amide bonds. The molecule has 1 saturated carbocycles. The molecular weight excluding hydrogens is 446 g/mol. The first kappa shape index (κ1) is 20.7. The Morgan fingerprint density at radius 2 is 1.77 bits per heavy atom. The summed E-state index contributed by atoms with van der Waals surface area (Å²) in [6, 6.07) is 14.0. The zero-order chi connectivity index (χ0) is 21.3. The quantitative estimate of drug-likeness (QED) is 0.379. The number of Topliss-reactive ketones (excluding diaryl/α,β-unsaturated/α-hetero) is 1. The van der Waals surface area contributed by atoms with Gasteiger partial charge in [-0.25, -0.2) is 0 Å². The van der Waals surface area contributed by atoms with Crippen LogP contribution in [0, 0.1) is 0 Å². The Bertz CT molecular complexity index is 996. The van der Waals surface area contributed by atoms with Crippen molar-refractivity contribution in [2.45, 2.75) is 44.2 Å². The number of ether oxygens (including phenoxy) is 1. The van der Waals surface area contributed by atoms with Gasteiger partial charge in [-0.2, -0.15) is 0 Å². The normalized spacial score (nSPS) is 21.8. The highest BCUT2D eigenvalue weighted by molar-refractivity contribution is 9.10.